The summed E-state index contributed by atoms with van der Waals surface area (Å²) < 4.78 is 7.13. The predicted molar refractivity (Wildman–Crippen MR) is 72.9 cm³/mol. The molecule has 2 aromatic heterocycles. The molecular formula is C13H11N3O2S. The van der Waals surface area contributed by atoms with Gasteiger partial charge in [0.2, 0.25) is 4.96 Å². The number of aldehydes is 1. The smallest absolute Gasteiger partial charge is 0.213 e. The van der Waals surface area contributed by atoms with Crippen LogP contribution in [-0.2, 0) is 0 Å². The number of aromatic nitrogens is 3. The molecule has 0 aliphatic carbocycles. The first kappa shape index (κ1) is 11.9. The molecule has 0 N–H and O–H groups in total. The highest BCUT2D eigenvalue weighted by Gasteiger charge is 2.18. The van der Waals surface area contributed by atoms with E-state index in [1.54, 1.807) is 10.0 Å². The maximum absolute atomic E-state index is 11.3. The standard InChI is InChI=1S/C13H11N3O2S/c1-2-18-11-6-4-3-5-9(11)12-10(7-17)16-13(15-12)19-8-14-16/h3-8H,2H2,1H3. The van der Waals surface area contributed by atoms with Crippen molar-refractivity contribution in [3.63, 3.8) is 0 Å². The summed E-state index contributed by atoms with van der Waals surface area (Å²) in [6, 6.07) is 7.55. The lowest BCUT2D eigenvalue weighted by atomic mass is 10.1. The average Bonchev–Trinajstić information content (AvgIpc) is 2.99. The van der Waals surface area contributed by atoms with Gasteiger partial charge in [0.25, 0.3) is 0 Å². The second kappa shape index (κ2) is 4.81. The SMILES string of the molecule is CCOc1ccccc1-c1nc2scnn2c1C=O. The molecule has 0 saturated carbocycles. The molecule has 0 amide bonds. The van der Waals surface area contributed by atoms with Gasteiger partial charge in [0.15, 0.2) is 6.29 Å². The van der Waals surface area contributed by atoms with E-state index in [1.807, 2.05) is 31.2 Å². The van der Waals surface area contributed by atoms with Crippen LogP contribution < -0.4 is 4.74 Å². The van der Waals surface area contributed by atoms with Crippen molar-refractivity contribution in [3.05, 3.63) is 35.5 Å². The summed E-state index contributed by atoms with van der Waals surface area (Å²) in [7, 11) is 0. The minimum Gasteiger partial charge on any atom is -0.493 e. The maximum atomic E-state index is 11.3. The molecule has 0 aliphatic rings. The number of rotatable bonds is 4. The summed E-state index contributed by atoms with van der Waals surface area (Å²) in [5.74, 6) is 0.721. The van der Waals surface area contributed by atoms with Gasteiger partial charge in [-0.25, -0.2) is 4.98 Å². The summed E-state index contributed by atoms with van der Waals surface area (Å²) in [5, 5.41) is 4.11. The van der Waals surface area contributed by atoms with E-state index in [-0.39, 0.29) is 0 Å². The Morgan fingerprint density at radius 2 is 2.26 bits per heavy atom. The number of carbonyl (C=O) groups excluding carboxylic acids is 1. The van der Waals surface area contributed by atoms with Gasteiger partial charge in [0.1, 0.15) is 22.6 Å². The zero-order valence-electron chi connectivity index (χ0n) is 10.2. The van der Waals surface area contributed by atoms with Gasteiger partial charge >= 0.3 is 0 Å². The molecule has 96 valence electrons. The van der Waals surface area contributed by atoms with E-state index in [1.165, 1.54) is 11.3 Å². The second-order valence-corrected chi connectivity index (χ2v) is 4.64. The van der Waals surface area contributed by atoms with Crippen LogP contribution in [0.15, 0.2) is 29.8 Å². The van der Waals surface area contributed by atoms with Crippen LogP contribution in [0.2, 0.25) is 0 Å². The summed E-state index contributed by atoms with van der Waals surface area (Å²) in [6.45, 7) is 2.48. The van der Waals surface area contributed by atoms with Crippen molar-refractivity contribution in [2.75, 3.05) is 6.61 Å². The highest BCUT2D eigenvalue weighted by Crippen LogP contribution is 2.32. The van der Waals surface area contributed by atoms with E-state index in [4.69, 9.17) is 4.74 Å². The van der Waals surface area contributed by atoms with Gasteiger partial charge in [0, 0.05) is 5.56 Å². The number of carbonyl (C=O) groups is 1. The van der Waals surface area contributed by atoms with Gasteiger partial charge in [-0.05, 0) is 19.1 Å². The number of imidazole rings is 1. The molecule has 0 spiro atoms. The van der Waals surface area contributed by atoms with Crippen molar-refractivity contribution in [2.45, 2.75) is 6.92 Å². The molecule has 0 fully saturated rings. The van der Waals surface area contributed by atoms with Crippen LogP contribution in [-0.4, -0.2) is 27.5 Å². The Bertz CT molecular complexity index is 732. The van der Waals surface area contributed by atoms with Crippen molar-refractivity contribution in [3.8, 4) is 17.0 Å². The van der Waals surface area contributed by atoms with E-state index >= 15 is 0 Å². The first-order chi connectivity index (χ1) is 9.35. The van der Waals surface area contributed by atoms with Crippen LogP contribution in [0.1, 0.15) is 17.4 Å². The first-order valence-electron chi connectivity index (χ1n) is 5.84. The molecule has 0 unspecified atom stereocenters. The number of hydrogen-bond acceptors (Lipinski definition) is 5. The molecule has 3 rings (SSSR count). The Labute approximate surface area is 113 Å². The number of benzene rings is 1. The van der Waals surface area contributed by atoms with Crippen molar-refractivity contribution in [2.24, 2.45) is 0 Å². The number of ether oxygens (including phenoxy) is 1. The summed E-state index contributed by atoms with van der Waals surface area (Å²) in [4.78, 5) is 16.5. The van der Waals surface area contributed by atoms with Gasteiger partial charge in [-0.15, -0.1) is 0 Å². The molecule has 6 heteroatoms. The van der Waals surface area contributed by atoms with E-state index in [0.29, 0.717) is 23.0 Å². The van der Waals surface area contributed by atoms with E-state index < -0.39 is 0 Å². The Morgan fingerprint density at radius 3 is 3.05 bits per heavy atom. The molecule has 0 saturated heterocycles. The fourth-order valence-corrected chi connectivity index (χ4v) is 2.58. The molecule has 2 heterocycles. The molecular weight excluding hydrogens is 262 g/mol. The Morgan fingerprint density at radius 1 is 1.42 bits per heavy atom. The fourth-order valence-electron chi connectivity index (χ4n) is 1.96. The number of fused-ring (bicyclic) bond motifs is 1. The Kier molecular flexibility index (Phi) is 3.00. The molecule has 0 atom stereocenters. The molecule has 0 aliphatic heterocycles. The fraction of sp³-hybridized carbons (Fsp3) is 0.154. The molecule has 0 radical (unpaired) electrons. The lowest BCUT2D eigenvalue weighted by Gasteiger charge is -2.08. The number of para-hydroxylation sites is 1. The summed E-state index contributed by atoms with van der Waals surface area (Å²) in [5.41, 5.74) is 3.53. The van der Waals surface area contributed by atoms with Crippen molar-refractivity contribution in [1.82, 2.24) is 14.6 Å². The number of nitrogens with zero attached hydrogens (tertiary/aromatic N) is 3. The monoisotopic (exact) mass is 273 g/mol. The van der Waals surface area contributed by atoms with Gasteiger partial charge in [-0.3, -0.25) is 4.79 Å². The third-order valence-corrected chi connectivity index (χ3v) is 3.41. The molecule has 5 nitrogen and oxygen atoms in total. The normalized spacial score (nSPS) is 10.8. The van der Waals surface area contributed by atoms with Gasteiger partial charge < -0.3 is 4.74 Å². The molecule has 1 aromatic carbocycles. The topological polar surface area (TPSA) is 56.5 Å². The molecule has 3 aromatic rings. The highest BCUT2D eigenvalue weighted by atomic mass is 32.1. The van der Waals surface area contributed by atoms with Crippen molar-refractivity contribution >= 4 is 22.6 Å². The van der Waals surface area contributed by atoms with E-state index in [0.717, 1.165) is 17.6 Å². The first-order valence-corrected chi connectivity index (χ1v) is 6.72. The van der Waals surface area contributed by atoms with Gasteiger partial charge in [-0.2, -0.15) is 9.61 Å². The van der Waals surface area contributed by atoms with E-state index in [2.05, 4.69) is 10.1 Å². The second-order valence-electron chi connectivity index (χ2n) is 3.83. The van der Waals surface area contributed by atoms with Gasteiger partial charge in [0.05, 0.1) is 6.61 Å². The van der Waals surface area contributed by atoms with Crippen LogP contribution in [0.5, 0.6) is 5.75 Å². The summed E-state index contributed by atoms with van der Waals surface area (Å²) in [6.07, 6.45) is 0.776. The third-order valence-electron chi connectivity index (χ3n) is 2.73. The third kappa shape index (κ3) is 1.90. The Balaban J connectivity index is 2.23. The van der Waals surface area contributed by atoms with Crippen LogP contribution in [0.3, 0.4) is 0 Å². The van der Waals surface area contributed by atoms with Gasteiger partial charge in [-0.1, -0.05) is 23.5 Å². The predicted octanol–water partition coefficient (Wildman–Crippen LogP) is 2.67. The van der Waals surface area contributed by atoms with E-state index in [9.17, 15) is 4.79 Å². The lowest BCUT2D eigenvalue weighted by Crippen LogP contribution is -1.97. The Hall–Kier alpha value is -2.21. The van der Waals surface area contributed by atoms with Crippen LogP contribution >= 0.6 is 11.3 Å². The maximum Gasteiger partial charge on any atom is 0.213 e. The minimum atomic E-state index is 0.448. The van der Waals surface area contributed by atoms with Crippen molar-refractivity contribution < 1.29 is 9.53 Å². The zero-order valence-corrected chi connectivity index (χ0v) is 11.1. The minimum absolute atomic E-state index is 0.448. The molecule has 19 heavy (non-hydrogen) atoms. The number of hydrogen-bond donors (Lipinski definition) is 0. The summed E-state index contributed by atoms with van der Waals surface area (Å²) >= 11 is 1.39. The molecule has 0 bridgehead atoms. The quantitative estimate of drug-likeness (QED) is 0.686. The zero-order chi connectivity index (χ0) is 13.2. The lowest BCUT2D eigenvalue weighted by molar-refractivity contribution is 0.111. The van der Waals surface area contributed by atoms with Crippen LogP contribution in [0, 0.1) is 0 Å². The van der Waals surface area contributed by atoms with Crippen LogP contribution in [0.4, 0.5) is 0 Å². The largest absolute Gasteiger partial charge is 0.493 e. The van der Waals surface area contributed by atoms with Crippen LogP contribution in [0.25, 0.3) is 16.2 Å². The van der Waals surface area contributed by atoms with Crippen molar-refractivity contribution in [1.29, 1.82) is 0 Å². The highest BCUT2D eigenvalue weighted by molar-refractivity contribution is 7.14. The average molecular weight is 273 g/mol.